The van der Waals surface area contributed by atoms with Gasteiger partial charge >= 0.3 is 0 Å². The zero-order valence-corrected chi connectivity index (χ0v) is 11.9. The van der Waals surface area contributed by atoms with Crippen LogP contribution in [0.1, 0.15) is 22.5 Å². The zero-order valence-electron chi connectivity index (χ0n) is 11.9. The molecule has 6 nitrogen and oxygen atoms in total. The number of benzene rings is 1. The molecule has 2 aromatic rings. The van der Waals surface area contributed by atoms with Gasteiger partial charge in [-0.05, 0) is 19.7 Å². The molecule has 6 heteroatoms. The highest BCUT2D eigenvalue weighted by Crippen LogP contribution is 2.28. The van der Waals surface area contributed by atoms with Gasteiger partial charge in [0, 0.05) is 11.1 Å². The van der Waals surface area contributed by atoms with Crippen molar-refractivity contribution in [1.29, 1.82) is 21.2 Å². The summed E-state index contributed by atoms with van der Waals surface area (Å²) in [6.45, 7) is 3.55. The molecular formula is C16H9N6. The lowest BCUT2D eigenvalue weighted by Gasteiger charge is -2.10. The van der Waals surface area contributed by atoms with Gasteiger partial charge in [0.2, 0.25) is 5.92 Å². The quantitative estimate of drug-likeness (QED) is 0.670. The predicted octanol–water partition coefficient (Wildman–Crippen LogP) is 2.37. The van der Waals surface area contributed by atoms with Crippen molar-refractivity contribution in [2.45, 2.75) is 13.8 Å². The van der Waals surface area contributed by atoms with E-state index in [0.29, 0.717) is 33.5 Å². The van der Waals surface area contributed by atoms with Crippen molar-refractivity contribution >= 4 is 22.5 Å². The minimum absolute atomic E-state index is 0.0181. The molecule has 0 fully saturated rings. The Kier molecular flexibility index (Phi) is 3.96. The zero-order chi connectivity index (χ0) is 16.3. The fourth-order valence-corrected chi connectivity index (χ4v) is 2.01. The van der Waals surface area contributed by atoms with E-state index < -0.39 is 0 Å². The minimum Gasteiger partial charge on any atom is -0.258 e. The Labute approximate surface area is 127 Å². The SMILES string of the molecule is Cc1nc2c([C](C#N)C#N)ccc(C(=C=N)C#N)c2nc1C. The van der Waals surface area contributed by atoms with Crippen LogP contribution >= 0.6 is 0 Å². The molecule has 0 spiro atoms. The number of allylic oxidation sites excluding steroid dienone is 1. The molecule has 0 saturated heterocycles. The summed E-state index contributed by atoms with van der Waals surface area (Å²) in [6.07, 6.45) is 0. The van der Waals surface area contributed by atoms with Gasteiger partial charge in [-0.2, -0.15) is 15.8 Å². The second kappa shape index (κ2) is 5.85. The topological polar surface area (TPSA) is 121 Å². The van der Waals surface area contributed by atoms with E-state index in [0.717, 1.165) is 0 Å². The highest BCUT2D eigenvalue weighted by molar-refractivity contribution is 6.04. The van der Waals surface area contributed by atoms with Gasteiger partial charge in [-0.15, -0.1) is 0 Å². The molecule has 1 aromatic heterocycles. The molecule has 0 saturated carbocycles. The minimum atomic E-state index is -0.0774. The molecule has 22 heavy (non-hydrogen) atoms. The van der Waals surface area contributed by atoms with Gasteiger partial charge in [-0.3, -0.25) is 5.41 Å². The average Bonchev–Trinajstić information content (AvgIpc) is 2.52. The van der Waals surface area contributed by atoms with Gasteiger partial charge in [-0.1, -0.05) is 12.1 Å². The summed E-state index contributed by atoms with van der Waals surface area (Å²) in [7, 11) is 0. The van der Waals surface area contributed by atoms with E-state index in [2.05, 4.69) is 15.8 Å². The number of nitriles is 3. The Balaban J connectivity index is 2.97. The molecule has 103 valence electrons. The van der Waals surface area contributed by atoms with E-state index in [1.54, 1.807) is 19.9 Å². The Bertz CT molecular complexity index is 932. The van der Waals surface area contributed by atoms with Crippen LogP contribution in [0.2, 0.25) is 0 Å². The molecule has 0 aliphatic heterocycles. The maximum atomic E-state index is 9.11. The molecule has 2 rings (SSSR count). The second-order valence-electron chi connectivity index (χ2n) is 4.46. The lowest BCUT2D eigenvalue weighted by Crippen LogP contribution is -2.03. The van der Waals surface area contributed by atoms with Crippen LogP contribution in [0.3, 0.4) is 0 Å². The van der Waals surface area contributed by atoms with Crippen LogP contribution in [0, 0.1) is 59.2 Å². The highest BCUT2D eigenvalue weighted by atomic mass is 14.8. The first kappa shape index (κ1) is 14.9. The van der Waals surface area contributed by atoms with Crippen molar-refractivity contribution in [3.63, 3.8) is 0 Å². The van der Waals surface area contributed by atoms with E-state index in [4.69, 9.17) is 21.2 Å². The largest absolute Gasteiger partial charge is 0.258 e. The summed E-state index contributed by atoms with van der Waals surface area (Å²) in [6, 6.07) is 8.64. The fraction of sp³-hybridized carbons (Fsp3) is 0.125. The second-order valence-corrected chi connectivity index (χ2v) is 4.46. The summed E-state index contributed by atoms with van der Waals surface area (Å²) in [5, 5.41) is 34.5. The summed E-state index contributed by atoms with van der Waals surface area (Å²) in [4.78, 5) is 8.82. The molecule has 0 aliphatic rings. The van der Waals surface area contributed by atoms with Crippen LogP contribution in [-0.2, 0) is 0 Å². The Hall–Kier alpha value is -3.52. The predicted molar refractivity (Wildman–Crippen MR) is 79.3 cm³/mol. The van der Waals surface area contributed by atoms with Crippen LogP contribution in [0.15, 0.2) is 12.1 Å². The van der Waals surface area contributed by atoms with E-state index >= 15 is 0 Å². The normalized spacial score (nSPS) is 9.64. The first-order chi connectivity index (χ1) is 10.6. The van der Waals surface area contributed by atoms with Crippen molar-refractivity contribution in [3.8, 4) is 18.2 Å². The van der Waals surface area contributed by atoms with Crippen LogP contribution in [0.4, 0.5) is 0 Å². The van der Waals surface area contributed by atoms with Crippen LogP contribution < -0.4 is 0 Å². The summed E-state index contributed by atoms with van der Waals surface area (Å²) in [5.74, 6) is 1.99. The number of fused-ring (bicyclic) bond motifs is 1. The lowest BCUT2D eigenvalue weighted by atomic mass is 9.95. The summed E-state index contributed by atoms with van der Waals surface area (Å²) >= 11 is 0. The van der Waals surface area contributed by atoms with Gasteiger partial charge in [0.1, 0.15) is 11.6 Å². The number of nitrogens with zero attached hydrogens (tertiary/aromatic N) is 5. The molecule has 0 aliphatic carbocycles. The molecule has 1 radical (unpaired) electrons. The molecule has 0 amide bonds. The standard InChI is InChI=1S/C16H9N6/c1-9-10(2)22-16-14(12(7-19)8-20)4-3-13(15(16)21-9)11(5-17)6-18/h3-4,17H,1-2H3. The van der Waals surface area contributed by atoms with Crippen molar-refractivity contribution in [2.75, 3.05) is 0 Å². The molecule has 1 heterocycles. The molecule has 1 aromatic carbocycles. The maximum absolute atomic E-state index is 9.11. The molecule has 0 unspecified atom stereocenters. The van der Waals surface area contributed by atoms with E-state index in [9.17, 15) is 0 Å². The van der Waals surface area contributed by atoms with Gasteiger partial charge in [0.15, 0.2) is 0 Å². The number of hydrogen-bond acceptors (Lipinski definition) is 6. The average molecular weight is 285 g/mol. The number of rotatable bonds is 2. The number of aromatic nitrogens is 2. The van der Waals surface area contributed by atoms with Crippen molar-refractivity contribution in [2.24, 2.45) is 0 Å². The Morgan fingerprint density at radius 3 is 1.86 bits per heavy atom. The number of hydrogen-bond donors (Lipinski definition) is 1. The first-order valence-electron chi connectivity index (χ1n) is 6.23. The van der Waals surface area contributed by atoms with Gasteiger partial charge in [-0.25, -0.2) is 9.97 Å². The number of aryl methyl sites for hydroxylation is 2. The smallest absolute Gasteiger partial charge is 0.206 e. The van der Waals surface area contributed by atoms with Crippen molar-refractivity contribution in [3.05, 3.63) is 40.6 Å². The molecule has 0 atom stereocenters. The van der Waals surface area contributed by atoms with Crippen LogP contribution in [0.5, 0.6) is 0 Å². The Morgan fingerprint density at radius 1 is 0.909 bits per heavy atom. The van der Waals surface area contributed by atoms with E-state index in [1.165, 1.54) is 6.07 Å². The molecular weight excluding hydrogens is 276 g/mol. The Morgan fingerprint density at radius 2 is 1.41 bits per heavy atom. The number of nitrogens with one attached hydrogen (secondary N) is 1. The molecule has 1 N–H and O–H groups in total. The molecule has 0 bridgehead atoms. The van der Waals surface area contributed by atoms with Gasteiger partial charge in [0.05, 0.1) is 34.6 Å². The third kappa shape index (κ3) is 2.30. The highest BCUT2D eigenvalue weighted by Gasteiger charge is 2.20. The van der Waals surface area contributed by atoms with Crippen molar-refractivity contribution < 1.29 is 0 Å². The monoisotopic (exact) mass is 285 g/mol. The third-order valence-corrected chi connectivity index (χ3v) is 3.23. The first-order valence-corrected chi connectivity index (χ1v) is 6.23. The summed E-state index contributed by atoms with van der Waals surface area (Å²) < 4.78 is 0. The summed E-state index contributed by atoms with van der Waals surface area (Å²) in [5.41, 5.74) is 2.86. The maximum Gasteiger partial charge on any atom is 0.206 e. The van der Waals surface area contributed by atoms with E-state index in [1.807, 2.05) is 18.2 Å². The lowest BCUT2D eigenvalue weighted by molar-refractivity contribution is 1.09. The fourth-order valence-electron chi connectivity index (χ4n) is 2.01. The third-order valence-electron chi connectivity index (χ3n) is 3.23. The van der Waals surface area contributed by atoms with Crippen LogP contribution in [0.25, 0.3) is 16.6 Å². The van der Waals surface area contributed by atoms with Gasteiger partial charge < -0.3 is 0 Å². The van der Waals surface area contributed by atoms with Crippen LogP contribution in [-0.4, -0.2) is 15.8 Å². The van der Waals surface area contributed by atoms with E-state index in [-0.39, 0.29) is 11.5 Å². The van der Waals surface area contributed by atoms with Gasteiger partial charge in [0.25, 0.3) is 0 Å². The van der Waals surface area contributed by atoms with Crippen molar-refractivity contribution in [1.82, 2.24) is 9.97 Å².